The van der Waals surface area contributed by atoms with E-state index in [9.17, 15) is 4.79 Å². The molecule has 0 spiro atoms. The first kappa shape index (κ1) is 14.0. The number of rotatable bonds is 4. The van der Waals surface area contributed by atoms with E-state index in [-0.39, 0.29) is 11.9 Å². The summed E-state index contributed by atoms with van der Waals surface area (Å²) >= 11 is 0. The number of ether oxygens (including phenoxy) is 1. The highest BCUT2D eigenvalue weighted by Gasteiger charge is 2.25. The summed E-state index contributed by atoms with van der Waals surface area (Å²) in [6.45, 7) is 7.39. The topological polar surface area (TPSA) is 41.6 Å². The van der Waals surface area contributed by atoms with E-state index in [2.05, 4.69) is 24.4 Å². The standard InChI is InChI=1S/C15H22N2O2/c1-3-17(10-13-7-5-4-6-12(13)2)15(18)14-11-19-9-8-16-14/h4-7,14,16H,3,8-11H2,1-2H3. The quantitative estimate of drug-likeness (QED) is 0.890. The second-order valence-corrected chi connectivity index (χ2v) is 4.86. The minimum absolute atomic E-state index is 0.130. The molecule has 19 heavy (non-hydrogen) atoms. The summed E-state index contributed by atoms with van der Waals surface area (Å²) in [4.78, 5) is 14.3. The van der Waals surface area contributed by atoms with Gasteiger partial charge in [0.25, 0.3) is 0 Å². The minimum Gasteiger partial charge on any atom is -0.378 e. The molecule has 4 heteroatoms. The molecule has 104 valence electrons. The number of benzene rings is 1. The molecule has 0 bridgehead atoms. The van der Waals surface area contributed by atoms with Crippen molar-refractivity contribution >= 4 is 5.91 Å². The third kappa shape index (κ3) is 3.55. The zero-order valence-electron chi connectivity index (χ0n) is 11.7. The molecule has 1 fully saturated rings. The van der Waals surface area contributed by atoms with Crippen molar-refractivity contribution in [3.8, 4) is 0 Å². The van der Waals surface area contributed by atoms with Crippen molar-refractivity contribution < 1.29 is 9.53 Å². The second kappa shape index (κ2) is 6.68. The first-order chi connectivity index (χ1) is 9.22. The van der Waals surface area contributed by atoms with E-state index < -0.39 is 0 Å². The minimum atomic E-state index is -0.197. The molecule has 1 aliphatic heterocycles. The van der Waals surface area contributed by atoms with Gasteiger partial charge in [-0.25, -0.2) is 0 Å². The molecule has 0 aliphatic carbocycles. The van der Waals surface area contributed by atoms with Crippen LogP contribution in [0.2, 0.25) is 0 Å². The van der Waals surface area contributed by atoms with Gasteiger partial charge in [-0.2, -0.15) is 0 Å². The number of nitrogens with zero attached hydrogens (tertiary/aromatic N) is 1. The molecular weight excluding hydrogens is 240 g/mol. The Bertz CT molecular complexity index is 428. The fourth-order valence-electron chi connectivity index (χ4n) is 2.28. The highest BCUT2D eigenvalue weighted by atomic mass is 16.5. The molecule has 1 unspecified atom stereocenters. The predicted molar refractivity (Wildman–Crippen MR) is 74.9 cm³/mol. The number of morpholine rings is 1. The molecule has 1 aromatic carbocycles. The van der Waals surface area contributed by atoms with E-state index >= 15 is 0 Å². The van der Waals surface area contributed by atoms with Gasteiger partial charge in [-0.3, -0.25) is 4.79 Å². The van der Waals surface area contributed by atoms with E-state index in [0.717, 1.165) is 6.54 Å². The van der Waals surface area contributed by atoms with Crippen LogP contribution in [0.5, 0.6) is 0 Å². The van der Waals surface area contributed by atoms with Gasteiger partial charge in [0, 0.05) is 19.6 Å². The zero-order chi connectivity index (χ0) is 13.7. The van der Waals surface area contributed by atoms with Gasteiger partial charge in [0.2, 0.25) is 5.91 Å². The smallest absolute Gasteiger partial charge is 0.242 e. The zero-order valence-corrected chi connectivity index (χ0v) is 11.7. The van der Waals surface area contributed by atoms with E-state index in [1.165, 1.54) is 11.1 Å². The molecule has 1 amide bonds. The van der Waals surface area contributed by atoms with Gasteiger partial charge < -0.3 is 15.0 Å². The maximum Gasteiger partial charge on any atom is 0.242 e. The Morgan fingerprint density at radius 2 is 2.26 bits per heavy atom. The Morgan fingerprint density at radius 3 is 2.89 bits per heavy atom. The Hall–Kier alpha value is -1.39. The van der Waals surface area contributed by atoms with Crippen LogP contribution in [-0.4, -0.2) is 43.2 Å². The van der Waals surface area contributed by atoms with Gasteiger partial charge in [-0.1, -0.05) is 24.3 Å². The normalized spacial score (nSPS) is 19.2. The van der Waals surface area contributed by atoms with Crippen LogP contribution in [0.1, 0.15) is 18.1 Å². The van der Waals surface area contributed by atoms with Crippen molar-refractivity contribution in [1.29, 1.82) is 0 Å². The van der Waals surface area contributed by atoms with Crippen molar-refractivity contribution in [2.24, 2.45) is 0 Å². The summed E-state index contributed by atoms with van der Waals surface area (Å²) in [5, 5.41) is 3.22. The van der Waals surface area contributed by atoms with Gasteiger partial charge in [-0.05, 0) is 25.0 Å². The van der Waals surface area contributed by atoms with Crippen LogP contribution in [0, 0.1) is 6.92 Å². The van der Waals surface area contributed by atoms with Crippen molar-refractivity contribution in [2.45, 2.75) is 26.4 Å². The van der Waals surface area contributed by atoms with Crippen LogP contribution in [0.4, 0.5) is 0 Å². The molecule has 1 aliphatic rings. The SMILES string of the molecule is CCN(Cc1ccccc1C)C(=O)C1COCCN1. The number of likely N-dealkylation sites (N-methyl/N-ethyl adjacent to an activating group) is 1. The highest BCUT2D eigenvalue weighted by molar-refractivity contribution is 5.82. The molecule has 0 aromatic heterocycles. The Morgan fingerprint density at radius 1 is 1.47 bits per heavy atom. The van der Waals surface area contributed by atoms with Gasteiger partial charge in [0.15, 0.2) is 0 Å². The fourth-order valence-corrected chi connectivity index (χ4v) is 2.28. The maximum atomic E-state index is 12.4. The van der Waals surface area contributed by atoms with Crippen LogP contribution in [0.3, 0.4) is 0 Å². The summed E-state index contributed by atoms with van der Waals surface area (Å²) in [6, 6.07) is 8.00. The number of hydrogen-bond acceptors (Lipinski definition) is 3. The third-order valence-electron chi connectivity index (χ3n) is 3.54. The average molecular weight is 262 g/mol. The molecule has 4 nitrogen and oxygen atoms in total. The maximum absolute atomic E-state index is 12.4. The molecule has 1 N–H and O–H groups in total. The molecule has 2 rings (SSSR count). The van der Waals surface area contributed by atoms with Crippen LogP contribution in [-0.2, 0) is 16.1 Å². The van der Waals surface area contributed by atoms with Gasteiger partial charge >= 0.3 is 0 Å². The fraction of sp³-hybridized carbons (Fsp3) is 0.533. The van der Waals surface area contributed by atoms with E-state index in [0.29, 0.717) is 26.3 Å². The number of nitrogens with one attached hydrogen (secondary N) is 1. The molecule has 0 saturated carbocycles. The largest absolute Gasteiger partial charge is 0.378 e. The molecule has 1 saturated heterocycles. The monoisotopic (exact) mass is 262 g/mol. The number of hydrogen-bond donors (Lipinski definition) is 1. The van der Waals surface area contributed by atoms with Gasteiger partial charge in [0.05, 0.1) is 13.2 Å². The van der Waals surface area contributed by atoms with Crippen molar-refractivity contribution in [3.63, 3.8) is 0 Å². The lowest BCUT2D eigenvalue weighted by Crippen LogP contribution is -2.52. The summed E-state index contributed by atoms with van der Waals surface area (Å²) in [6.07, 6.45) is 0. The third-order valence-corrected chi connectivity index (χ3v) is 3.54. The van der Waals surface area contributed by atoms with Gasteiger partial charge in [-0.15, -0.1) is 0 Å². The number of amides is 1. The summed E-state index contributed by atoms with van der Waals surface area (Å²) in [7, 11) is 0. The summed E-state index contributed by atoms with van der Waals surface area (Å²) in [5.74, 6) is 0.130. The highest BCUT2D eigenvalue weighted by Crippen LogP contribution is 2.12. The molecular formula is C15H22N2O2. The summed E-state index contributed by atoms with van der Waals surface area (Å²) < 4.78 is 5.36. The first-order valence-electron chi connectivity index (χ1n) is 6.86. The van der Waals surface area contributed by atoms with Crippen molar-refractivity contribution in [1.82, 2.24) is 10.2 Å². The van der Waals surface area contributed by atoms with E-state index in [1.807, 2.05) is 24.0 Å². The van der Waals surface area contributed by atoms with Crippen LogP contribution in [0.15, 0.2) is 24.3 Å². The predicted octanol–water partition coefficient (Wildman–Crippen LogP) is 1.33. The van der Waals surface area contributed by atoms with Crippen LogP contribution < -0.4 is 5.32 Å². The number of carbonyl (C=O) groups excluding carboxylic acids is 1. The number of carbonyl (C=O) groups is 1. The lowest BCUT2D eigenvalue weighted by atomic mass is 10.1. The Labute approximate surface area is 114 Å². The lowest BCUT2D eigenvalue weighted by Gasteiger charge is -2.29. The van der Waals surface area contributed by atoms with Crippen LogP contribution in [0.25, 0.3) is 0 Å². The molecule has 1 heterocycles. The number of aryl methyl sites for hydroxylation is 1. The van der Waals surface area contributed by atoms with E-state index in [4.69, 9.17) is 4.74 Å². The van der Waals surface area contributed by atoms with Crippen molar-refractivity contribution in [2.75, 3.05) is 26.3 Å². The Kier molecular flexibility index (Phi) is 4.93. The summed E-state index contributed by atoms with van der Waals surface area (Å²) in [5.41, 5.74) is 2.43. The second-order valence-electron chi connectivity index (χ2n) is 4.86. The van der Waals surface area contributed by atoms with Gasteiger partial charge in [0.1, 0.15) is 6.04 Å². The molecule has 1 atom stereocenters. The van der Waals surface area contributed by atoms with E-state index in [1.54, 1.807) is 0 Å². The molecule has 1 aromatic rings. The molecule has 0 radical (unpaired) electrons. The van der Waals surface area contributed by atoms with Crippen molar-refractivity contribution in [3.05, 3.63) is 35.4 Å². The Balaban J connectivity index is 2.03. The lowest BCUT2D eigenvalue weighted by molar-refractivity contribution is -0.136. The first-order valence-corrected chi connectivity index (χ1v) is 6.86. The van der Waals surface area contributed by atoms with Crippen LogP contribution >= 0.6 is 0 Å². The average Bonchev–Trinajstić information content (AvgIpc) is 2.47.